The van der Waals surface area contributed by atoms with Crippen LogP contribution in [0.15, 0.2) is 0 Å². The molecule has 1 rings (SSSR count). The third-order valence-corrected chi connectivity index (χ3v) is 3.46. The van der Waals surface area contributed by atoms with Crippen LogP contribution >= 0.6 is 0 Å². The summed E-state index contributed by atoms with van der Waals surface area (Å²) in [6.07, 6.45) is 4.06. The first-order valence-electron chi connectivity index (χ1n) is 6.23. The Morgan fingerprint density at radius 2 is 1.94 bits per heavy atom. The van der Waals surface area contributed by atoms with E-state index >= 15 is 0 Å². The number of hydrogen-bond acceptors (Lipinski definition) is 3. The highest BCUT2D eigenvalue weighted by Crippen LogP contribution is 2.22. The van der Waals surface area contributed by atoms with Crippen molar-refractivity contribution in [3.05, 3.63) is 0 Å². The number of nitrogens with two attached hydrogens (primary N) is 1. The second kappa shape index (κ2) is 6.00. The van der Waals surface area contributed by atoms with Crippen LogP contribution in [0.3, 0.4) is 0 Å². The monoisotopic (exact) mass is 241 g/mol. The summed E-state index contributed by atoms with van der Waals surface area (Å²) in [6.45, 7) is 3.22. The predicted octanol–water partition coefficient (Wildman–Crippen LogP) is 0.239. The Morgan fingerprint density at radius 1 is 1.35 bits per heavy atom. The van der Waals surface area contributed by atoms with Crippen molar-refractivity contribution < 1.29 is 9.59 Å². The summed E-state index contributed by atoms with van der Waals surface area (Å²) in [5.41, 5.74) is 5.54. The fourth-order valence-electron chi connectivity index (χ4n) is 2.29. The molecule has 3 N–H and O–H groups in total. The average Bonchev–Trinajstić information content (AvgIpc) is 2.28. The molecule has 5 nitrogen and oxygen atoms in total. The average molecular weight is 241 g/mol. The van der Waals surface area contributed by atoms with E-state index in [0.717, 1.165) is 25.7 Å². The molecule has 0 aromatic rings. The van der Waals surface area contributed by atoms with Crippen molar-refractivity contribution in [3.63, 3.8) is 0 Å². The molecule has 17 heavy (non-hydrogen) atoms. The second-order valence-electron chi connectivity index (χ2n) is 4.89. The van der Waals surface area contributed by atoms with Gasteiger partial charge in [0.05, 0.1) is 12.1 Å². The van der Waals surface area contributed by atoms with E-state index in [2.05, 4.69) is 5.32 Å². The number of likely N-dealkylation sites (N-methyl/N-ethyl adjacent to an activating group) is 1. The molecule has 0 unspecified atom stereocenters. The summed E-state index contributed by atoms with van der Waals surface area (Å²) in [7, 11) is 1.79. The maximum atomic E-state index is 11.6. The Morgan fingerprint density at radius 3 is 2.47 bits per heavy atom. The highest BCUT2D eigenvalue weighted by molar-refractivity contribution is 5.81. The molecule has 3 atom stereocenters. The lowest BCUT2D eigenvalue weighted by molar-refractivity contribution is -0.132. The summed E-state index contributed by atoms with van der Waals surface area (Å²) >= 11 is 0. The van der Waals surface area contributed by atoms with Gasteiger partial charge in [-0.15, -0.1) is 0 Å². The van der Waals surface area contributed by atoms with Crippen LogP contribution in [0.25, 0.3) is 0 Å². The molecule has 0 heterocycles. The summed E-state index contributed by atoms with van der Waals surface area (Å²) in [5, 5.41) is 2.95. The third kappa shape index (κ3) is 3.70. The maximum absolute atomic E-state index is 11.6. The van der Waals surface area contributed by atoms with Crippen LogP contribution in [0.2, 0.25) is 0 Å². The molecule has 0 radical (unpaired) electrons. The van der Waals surface area contributed by atoms with Gasteiger partial charge in [-0.25, -0.2) is 0 Å². The van der Waals surface area contributed by atoms with Gasteiger partial charge in [0.25, 0.3) is 0 Å². The number of nitrogens with zero attached hydrogens (tertiary/aromatic N) is 1. The van der Waals surface area contributed by atoms with Gasteiger partial charge in [0.2, 0.25) is 11.8 Å². The zero-order valence-corrected chi connectivity index (χ0v) is 10.9. The van der Waals surface area contributed by atoms with E-state index < -0.39 is 6.04 Å². The molecule has 0 aliphatic heterocycles. The first kappa shape index (κ1) is 14.0. The minimum Gasteiger partial charge on any atom is -0.350 e. The van der Waals surface area contributed by atoms with Gasteiger partial charge in [-0.1, -0.05) is 12.8 Å². The van der Waals surface area contributed by atoms with E-state index in [1.807, 2.05) is 0 Å². The zero-order valence-electron chi connectivity index (χ0n) is 10.9. The second-order valence-corrected chi connectivity index (χ2v) is 4.89. The molecule has 0 aromatic heterocycles. The minimum atomic E-state index is -0.500. The van der Waals surface area contributed by atoms with E-state index in [9.17, 15) is 9.59 Å². The largest absolute Gasteiger partial charge is 0.350 e. The fraction of sp³-hybridized carbons (Fsp3) is 0.833. The Hall–Kier alpha value is -1.10. The molecule has 5 heteroatoms. The van der Waals surface area contributed by atoms with E-state index in [1.165, 1.54) is 0 Å². The van der Waals surface area contributed by atoms with Crippen molar-refractivity contribution in [1.82, 2.24) is 10.2 Å². The van der Waals surface area contributed by atoms with Gasteiger partial charge in [0, 0.05) is 20.0 Å². The Labute approximate surface area is 103 Å². The molecule has 2 amide bonds. The normalized spacial score (nSPS) is 26.1. The van der Waals surface area contributed by atoms with Crippen molar-refractivity contribution in [2.24, 2.45) is 5.73 Å². The number of nitrogens with one attached hydrogen (secondary N) is 1. The SMILES string of the molecule is CC(=O)N(C)[C@@H]1CCCC[C@H]1NC(=O)[C@H](C)N. The van der Waals surface area contributed by atoms with Gasteiger partial charge in [-0.05, 0) is 19.8 Å². The summed E-state index contributed by atoms with van der Waals surface area (Å²) in [5.74, 6) is -0.101. The van der Waals surface area contributed by atoms with Crippen LogP contribution in [-0.4, -0.2) is 41.9 Å². The minimum absolute atomic E-state index is 0.0381. The summed E-state index contributed by atoms with van der Waals surface area (Å²) in [6, 6.07) is -0.361. The van der Waals surface area contributed by atoms with Gasteiger partial charge in [0.1, 0.15) is 0 Å². The van der Waals surface area contributed by atoms with Crippen LogP contribution in [0.1, 0.15) is 39.5 Å². The van der Waals surface area contributed by atoms with E-state index in [4.69, 9.17) is 5.73 Å². The number of carbonyl (C=O) groups is 2. The highest BCUT2D eigenvalue weighted by Gasteiger charge is 2.31. The Bertz CT molecular complexity index is 291. The standard InChI is InChI=1S/C12H23N3O2/c1-8(13)12(17)14-10-6-4-5-7-11(10)15(3)9(2)16/h8,10-11H,4-7,13H2,1-3H3,(H,14,17)/t8-,10+,11+/m0/s1. The van der Waals surface area contributed by atoms with Crippen LogP contribution < -0.4 is 11.1 Å². The molecular formula is C12H23N3O2. The summed E-state index contributed by atoms with van der Waals surface area (Å²) < 4.78 is 0. The topological polar surface area (TPSA) is 75.4 Å². The number of carbonyl (C=O) groups excluding carboxylic acids is 2. The molecule has 98 valence electrons. The molecule has 1 saturated carbocycles. The van der Waals surface area contributed by atoms with Gasteiger partial charge in [0.15, 0.2) is 0 Å². The van der Waals surface area contributed by atoms with Crippen LogP contribution in [0.4, 0.5) is 0 Å². The highest BCUT2D eigenvalue weighted by atomic mass is 16.2. The molecule has 1 aliphatic rings. The first-order valence-corrected chi connectivity index (χ1v) is 6.23. The van der Waals surface area contributed by atoms with Crippen LogP contribution in [0.5, 0.6) is 0 Å². The number of rotatable bonds is 3. The van der Waals surface area contributed by atoms with Gasteiger partial charge in [-0.3, -0.25) is 9.59 Å². The smallest absolute Gasteiger partial charge is 0.236 e. The van der Waals surface area contributed by atoms with E-state index in [-0.39, 0.29) is 23.9 Å². The van der Waals surface area contributed by atoms with Gasteiger partial charge < -0.3 is 16.0 Å². The Balaban J connectivity index is 2.66. The first-order chi connectivity index (χ1) is 7.93. The molecule has 0 spiro atoms. The molecule has 0 saturated heterocycles. The molecule has 1 aliphatic carbocycles. The van der Waals surface area contributed by atoms with Gasteiger partial charge >= 0.3 is 0 Å². The molecular weight excluding hydrogens is 218 g/mol. The van der Waals surface area contributed by atoms with Gasteiger partial charge in [-0.2, -0.15) is 0 Å². The lowest BCUT2D eigenvalue weighted by Gasteiger charge is -2.38. The quantitative estimate of drug-likeness (QED) is 0.743. The van der Waals surface area contributed by atoms with E-state index in [1.54, 1.807) is 25.8 Å². The molecule has 0 aromatic carbocycles. The van der Waals surface area contributed by atoms with Crippen LogP contribution in [-0.2, 0) is 9.59 Å². The van der Waals surface area contributed by atoms with Crippen molar-refractivity contribution >= 4 is 11.8 Å². The Kier molecular flexibility index (Phi) is 4.93. The van der Waals surface area contributed by atoms with E-state index in [0.29, 0.717) is 0 Å². The number of hydrogen-bond donors (Lipinski definition) is 2. The van der Waals surface area contributed by atoms with Crippen LogP contribution in [0, 0.1) is 0 Å². The third-order valence-electron chi connectivity index (χ3n) is 3.46. The van der Waals surface area contributed by atoms with Crippen molar-refractivity contribution in [2.45, 2.75) is 57.7 Å². The predicted molar refractivity (Wildman–Crippen MR) is 66.3 cm³/mol. The molecule has 1 fully saturated rings. The number of amides is 2. The van der Waals surface area contributed by atoms with Crippen molar-refractivity contribution in [3.8, 4) is 0 Å². The van der Waals surface area contributed by atoms with Crippen molar-refractivity contribution in [1.29, 1.82) is 0 Å². The maximum Gasteiger partial charge on any atom is 0.236 e. The molecule has 0 bridgehead atoms. The fourth-order valence-corrected chi connectivity index (χ4v) is 2.29. The lowest BCUT2D eigenvalue weighted by Crippen LogP contribution is -2.55. The van der Waals surface area contributed by atoms with Crippen molar-refractivity contribution in [2.75, 3.05) is 7.05 Å². The zero-order chi connectivity index (χ0) is 13.0. The lowest BCUT2D eigenvalue weighted by atomic mass is 9.89. The summed E-state index contributed by atoms with van der Waals surface area (Å²) in [4.78, 5) is 24.7.